The predicted molar refractivity (Wildman–Crippen MR) is 40.5 cm³/mol. The van der Waals surface area contributed by atoms with Crippen LogP contribution < -0.4 is 0 Å². The van der Waals surface area contributed by atoms with Crippen molar-refractivity contribution in [1.82, 2.24) is 0 Å². The average Bonchev–Trinajstić information content (AvgIpc) is 2.00. The molecule has 0 aromatic carbocycles. The molecule has 0 radical (unpaired) electrons. The summed E-state index contributed by atoms with van der Waals surface area (Å²) in [6.07, 6.45) is 0. The quantitative estimate of drug-likeness (QED) is 0.354. The van der Waals surface area contributed by atoms with Crippen molar-refractivity contribution in [3.05, 3.63) is 41.7 Å². The highest BCUT2D eigenvalue weighted by molar-refractivity contribution is 5.86. The largest absolute Gasteiger partial charge is 0.576 e. The minimum atomic E-state index is -2.07. The van der Waals surface area contributed by atoms with Gasteiger partial charge in [-0.05, 0) is 0 Å². The van der Waals surface area contributed by atoms with Gasteiger partial charge in [-0.25, -0.2) is 4.79 Å². The van der Waals surface area contributed by atoms with Crippen LogP contribution in [0.1, 0.15) is 0 Å². The molecule has 0 heterocycles. The topological polar surface area (TPSA) is 167 Å². The second-order valence-corrected chi connectivity index (χ2v) is 2.11. The molecule has 0 saturated carbocycles. The first kappa shape index (κ1) is 12.4. The lowest BCUT2D eigenvalue weighted by Crippen LogP contribution is -2.22. The molecule has 0 spiro atoms. The van der Waals surface area contributed by atoms with Gasteiger partial charge in [0.05, 0.1) is 0 Å². The summed E-state index contributed by atoms with van der Waals surface area (Å²) < 4.78 is 0. The van der Waals surface area contributed by atoms with E-state index in [0.717, 1.165) is 0 Å². The molecule has 0 aliphatic heterocycles. The van der Waals surface area contributed by atoms with E-state index in [1.165, 1.54) is 0 Å². The normalized spacial score (nSPS) is 9.07. The van der Waals surface area contributed by atoms with Crippen LogP contribution >= 0.6 is 0 Å². The van der Waals surface area contributed by atoms with E-state index in [1.54, 1.807) is 0 Å². The maximum atomic E-state index is 10.3. The molecule has 1 N–H and O–H groups in total. The minimum Gasteiger partial charge on any atom is -0.477 e. The Labute approximate surface area is 80.1 Å². The van der Waals surface area contributed by atoms with Crippen LogP contribution in [0.2, 0.25) is 0 Å². The highest BCUT2D eigenvalue weighted by atomic mass is 16.7. The molecule has 0 aliphatic carbocycles. The Bertz CT molecular complexity index is 354. The van der Waals surface area contributed by atoms with Gasteiger partial charge in [-0.3, -0.25) is 30.3 Å². The van der Waals surface area contributed by atoms with Crippen molar-refractivity contribution in [2.24, 2.45) is 0 Å². The number of hydrogen-bond acceptors (Lipinski definition) is 7. The smallest absolute Gasteiger partial charge is 0.477 e. The summed E-state index contributed by atoms with van der Waals surface area (Å²) in [7, 11) is 0. The lowest BCUT2D eigenvalue weighted by atomic mass is 10.2. The van der Waals surface area contributed by atoms with Crippen molar-refractivity contribution in [3.63, 3.8) is 0 Å². The summed E-state index contributed by atoms with van der Waals surface area (Å²) in [5, 5.41) is 38.4. The third-order valence-electron chi connectivity index (χ3n) is 1.16. The fraction of sp³-hybridized carbons (Fsp3) is 0.250. The highest BCUT2D eigenvalue weighted by Crippen LogP contribution is 2.07. The van der Waals surface area contributed by atoms with Gasteiger partial charge in [-0.2, -0.15) is 0 Å². The van der Waals surface area contributed by atoms with Crippen LogP contribution in [-0.2, 0) is 4.79 Å². The summed E-state index contributed by atoms with van der Waals surface area (Å²) in [6, 6.07) is 0. The Kier molecular flexibility index (Phi) is 3.80. The fourth-order valence-corrected chi connectivity index (χ4v) is 0.650. The Morgan fingerprint density at radius 3 is 1.67 bits per heavy atom. The summed E-state index contributed by atoms with van der Waals surface area (Å²) >= 11 is 0. The van der Waals surface area contributed by atoms with Crippen LogP contribution in [-0.4, -0.2) is 32.4 Å². The maximum Gasteiger partial charge on any atom is 0.576 e. The molecule has 0 rings (SSSR count). The van der Waals surface area contributed by atoms with Crippen molar-refractivity contribution in [1.29, 1.82) is 0 Å². The maximum absolute atomic E-state index is 10.3. The van der Waals surface area contributed by atoms with Gasteiger partial charge in [0.15, 0.2) is 0 Å². The van der Waals surface area contributed by atoms with Gasteiger partial charge < -0.3 is 5.11 Å². The van der Waals surface area contributed by atoms with Crippen molar-refractivity contribution in [2.45, 2.75) is 0 Å². The number of aliphatic carboxylic acids is 1. The number of carboxylic acid groups (broad SMARTS) is 1. The molecule has 0 atom stereocenters. The molecule has 0 amide bonds. The number of hydrogen-bond donors (Lipinski definition) is 1. The second-order valence-electron chi connectivity index (χ2n) is 2.11. The Hall–Kier alpha value is -2.59. The molecular formula is C4H3N3O8. The molecule has 0 aliphatic rings. The summed E-state index contributed by atoms with van der Waals surface area (Å²) in [5.74, 6) is -3.98. The molecule has 0 saturated heterocycles. The van der Waals surface area contributed by atoms with E-state index in [9.17, 15) is 35.1 Å². The van der Waals surface area contributed by atoms with E-state index in [4.69, 9.17) is 5.11 Å². The number of nitro groups is 3. The van der Waals surface area contributed by atoms with Crippen LogP contribution in [0, 0.1) is 30.3 Å². The first-order valence-electron chi connectivity index (χ1n) is 3.14. The van der Waals surface area contributed by atoms with E-state index in [2.05, 4.69) is 0 Å². The third kappa shape index (κ3) is 3.33. The zero-order valence-electron chi connectivity index (χ0n) is 6.85. The number of nitrogens with zero attached hydrogens (tertiary/aromatic N) is 3. The lowest BCUT2D eigenvalue weighted by molar-refractivity contribution is -0.618. The van der Waals surface area contributed by atoms with Gasteiger partial charge >= 0.3 is 11.8 Å². The zero-order chi connectivity index (χ0) is 12.2. The Morgan fingerprint density at radius 2 is 1.47 bits per heavy atom. The standard InChI is InChI=1S/C4H3N3O8/c8-4(9)2(1-5(10)11)3(6(12)13)7(14)15/h1H2,(H,8,9). The first-order chi connectivity index (χ1) is 6.77. The van der Waals surface area contributed by atoms with Gasteiger partial charge in [0, 0.05) is 4.92 Å². The van der Waals surface area contributed by atoms with Crippen molar-refractivity contribution in [2.75, 3.05) is 6.54 Å². The average molecular weight is 221 g/mol. The van der Waals surface area contributed by atoms with E-state index in [1.807, 2.05) is 0 Å². The van der Waals surface area contributed by atoms with Crippen LogP contribution in [0.4, 0.5) is 0 Å². The number of rotatable bonds is 5. The third-order valence-corrected chi connectivity index (χ3v) is 1.16. The van der Waals surface area contributed by atoms with Crippen LogP contribution in [0.5, 0.6) is 0 Å². The lowest BCUT2D eigenvalue weighted by Gasteiger charge is -1.93. The van der Waals surface area contributed by atoms with Gasteiger partial charge in [-0.15, -0.1) is 0 Å². The van der Waals surface area contributed by atoms with Crippen LogP contribution in [0.25, 0.3) is 0 Å². The monoisotopic (exact) mass is 221 g/mol. The molecule has 0 aromatic heterocycles. The van der Waals surface area contributed by atoms with Gasteiger partial charge in [0.2, 0.25) is 6.54 Å². The summed E-state index contributed by atoms with van der Waals surface area (Å²) in [4.78, 5) is 36.0. The molecule has 11 heteroatoms. The van der Waals surface area contributed by atoms with Crippen LogP contribution in [0.15, 0.2) is 11.4 Å². The van der Waals surface area contributed by atoms with E-state index in [-0.39, 0.29) is 0 Å². The molecule has 0 unspecified atom stereocenters. The van der Waals surface area contributed by atoms with Crippen molar-refractivity contribution >= 4 is 5.97 Å². The van der Waals surface area contributed by atoms with Gasteiger partial charge in [0.1, 0.15) is 9.85 Å². The molecule has 0 bridgehead atoms. The molecule has 0 aromatic rings. The van der Waals surface area contributed by atoms with E-state index < -0.39 is 38.7 Å². The highest BCUT2D eigenvalue weighted by Gasteiger charge is 2.39. The van der Waals surface area contributed by atoms with Crippen molar-refractivity contribution in [3.8, 4) is 0 Å². The van der Waals surface area contributed by atoms with Gasteiger partial charge in [-0.1, -0.05) is 0 Å². The first-order valence-corrected chi connectivity index (χ1v) is 3.14. The Balaban J connectivity index is 5.56. The second kappa shape index (κ2) is 4.59. The van der Waals surface area contributed by atoms with Gasteiger partial charge in [0.25, 0.3) is 5.57 Å². The van der Waals surface area contributed by atoms with Crippen molar-refractivity contribution < 1.29 is 24.7 Å². The van der Waals surface area contributed by atoms with E-state index in [0.29, 0.717) is 0 Å². The van der Waals surface area contributed by atoms with Crippen LogP contribution in [0.3, 0.4) is 0 Å². The summed E-state index contributed by atoms with van der Waals surface area (Å²) in [6.45, 7) is -1.49. The SMILES string of the molecule is O=C(O)C(C[N+](=O)[O-])=C([N+](=O)[O-])[N+](=O)[O-]. The molecule has 0 fully saturated rings. The predicted octanol–water partition coefficient (Wildman–Crippen LogP) is -0.887. The fourth-order valence-electron chi connectivity index (χ4n) is 0.650. The number of carboxylic acids is 1. The molecule has 11 nitrogen and oxygen atoms in total. The molecular weight excluding hydrogens is 218 g/mol. The zero-order valence-corrected chi connectivity index (χ0v) is 6.85. The minimum absolute atomic E-state index is 1.21. The molecule has 82 valence electrons. The molecule has 15 heavy (non-hydrogen) atoms. The summed E-state index contributed by atoms with van der Waals surface area (Å²) in [5.41, 5.74) is -1.48. The van der Waals surface area contributed by atoms with E-state index >= 15 is 0 Å². The Morgan fingerprint density at radius 1 is 1.07 bits per heavy atom. The number of carbonyl (C=O) groups is 1.